The van der Waals surface area contributed by atoms with Crippen LogP contribution in [-0.4, -0.2) is 20.8 Å². The zero-order valence-electron chi connectivity index (χ0n) is 8.79. The number of nitrogens with two attached hydrogens (primary N) is 2. The number of benzene rings is 1. The predicted molar refractivity (Wildman–Crippen MR) is 68.2 cm³/mol. The predicted octanol–water partition coefficient (Wildman–Crippen LogP) is 1.27. The summed E-state index contributed by atoms with van der Waals surface area (Å²) in [5, 5.41) is 0. The van der Waals surface area contributed by atoms with Crippen molar-refractivity contribution in [3.05, 3.63) is 21.3 Å². The molecule has 1 rings (SSSR count). The molecule has 4 nitrogen and oxygen atoms in total. The molecule has 5 heteroatoms. The van der Waals surface area contributed by atoms with Crippen LogP contribution in [0.5, 0.6) is 11.5 Å². The fourth-order valence-corrected chi connectivity index (χ4v) is 2.13. The molecule has 0 heterocycles. The normalized spacial score (nSPS) is 12.3. The third kappa shape index (κ3) is 2.73. The molecule has 15 heavy (non-hydrogen) atoms. The Hall–Kier alpha value is -0.530. The first-order valence-corrected chi connectivity index (χ1v) is 5.59. The molecule has 0 amide bonds. The molecule has 0 radical (unpaired) electrons. The van der Waals surface area contributed by atoms with Crippen molar-refractivity contribution in [2.45, 2.75) is 6.04 Å². The monoisotopic (exact) mass is 322 g/mol. The summed E-state index contributed by atoms with van der Waals surface area (Å²) in [5.74, 6) is 1.41. The molecular formula is C10H15IN2O2. The second-order valence-electron chi connectivity index (χ2n) is 3.08. The van der Waals surface area contributed by atoms with E-state index in [1.54, 1.807) is 14.2 Å². The number of halogens is 1. The van der Waals surface area contributed by atoms with Gasteiger partial charge in [-0.3, -0.25) is 0 Å². The number of methoxy groups -OCH3 is 2. The second-order valence-corrected chi connectivity index (χ2v) is 4.24. The van der Waals surface area contributed by atoms with Crippen molar-refractivity contribution in [1.82, 2.24) is 0 Å². The van der Waals surface area contributed by atoms with Crippen molar-refractivity contribution in [2.75, 3.05) is 20.8 Å². The van der Waals surface area contributed by atoms with Crippen molar-refractivity contribution >= 4 is 22.6 Å². The van der Waals surface area contributed by atoms with Crippen LogP contribution in [-0.2, 0) is 0 Å². The zero-order valence-corrected chi connectivity index (χ0v) is 10.9. The molecule has 0 aliphatic heterocycles. The van der Waals surface area contributed by atoms with E-state index in [4.69, 9.17) is 20.9 Å². The van der Waals surface area contributed by atoms with Gasteiger partial charge in [0.1, 0.15) is 0 Å². The summed E-state index contributed by atoms with van der Waals surface area (Å²) in [7, 11) is 3.22. The minimum absolute atomic E-state index is 0.168. The lowest BCUT2D eigenvalue weighted by atomic mass is 10.1. The average Bonchev–Trinajstić information content (AvgIpc) is 2.26. The van der Waals surface area contributed by atoms with Crippen molar-refractivity contribution in [2.24, 2.45) is 11.5 Å². The summed E-state index contributed by atoms with van der Waals surface area (Å²) >= 11 is 2.18. The molecule has 1 aromatic rings. The Morgan fingerprint density at radius 2 is 2.00 bits per heavy atom. The number of ether oxygens (including phenoxy) is 2. The number of hydrogen-bond acceptors (Lipinski definition) is 4. The van der Waals surface area contributed by atoms with Crippen molar-refractivity contribution < 1.29 is 9.47 Å². The largest absolute Gasteiger partial charge is 0.493 e. The van der Waals surface area contributed by atoms with Gasteiger partial charge in [-0.15, -0.1) is 0 Å². The third-order valence-corrected chi connectivity index (χ3v) is 2.94. The fraction of sp³-hybridized carbons (Fsp3) is 0.400. The van der Waals surface area contributed by atoms with Crippen molar-refractivity contribution in [1.29, 1.82) is 0 Å². The summed E-state index contributed by atoms with van der Waals surface area (Å²) in [6, 6.07) is 3.65. The summed E-state index contributed by atoms with van der Waals surface area (Å²) in [6.45, 7) is 0.408. The van der Waals surface area contributed by atoms with Gasteiger partial charge in [0.05, 0.1) is 17.8 Å². The third-order valence-electron chi connectivity index (χ3n) is 2.14. The maximum absolute atomic E-state index is 5.85. The molecule has 0 spiro atoms. The molecule has 0 saturated carbocycles. The summed E-state index contributed by atoms with van der Waals surface area (Å²) in [6.07, 6.45) is 0. The highest BCUT2D eigenvalue weighted by atomic mass is 127. The van der Waals surface area contributed by atoms with Gasteiger partial charge in [0.2, 0.25) is 0 Å². The van der Waals surface area contributed by atoms with E-state index in [0.717, 1.165) is 14.9 Å². The van der Waals surface area contributed by atoms with Gasteiger partial charge < -0.3 is 20.9 Å². The second kappa shape index (κ2) is 5.53. The highest BCUT2D eigenvalue weighted by Crippen LogP contribution is 2.34. The zero-order chi connectivity index (χ0) is 11.4. The van der Waals surface area contributed by atoms with E-state index in [9.17, 15) is 0 Å². The van der Waals surface area contributed by atoms with Crippen LogP contribution in [0, 0.1) is 3.57 Å². The van der Waals surface area contributed by atoms with Gasteiger partial charge in [0, 0.05) is 12.6 Å². The van der Waals surface area contributed by atoms with Crippen LogP contribution in [0.2, 0.25) is 0 Å². The van der Waals surface area contributed by atoms with Crippen molar-refractivity contribution in [3.63, 3.8) is 0 Å². The van der Waals surface area contributed by atoms with Crippen LogP contribution in [0.1, 0.15) is 11.6 Å². The Morgan fingerprint density at radius 3 is 2.47 bits per heavy atom. The van der Waals surface area contributed by atoms with Crippen LogP contribution < -0.4 is 20.9 Å². The Balaban J connectivity index is 3.19. The van der Waals surface area contributed by atoms with E-state index in [1.807, 2.05) is 12.1 Å². The molecule has 4 N–H and O–H groups in total. The topological polar surface area (TPSA) is 70.5 Å². The first kappa shape index (κ1) is 12.5. The molecule has 1 atom stereocenters. The van der Waals surface area contributed by atoms with E-state index >= 15 is 0 Å². The Kier molecular flexibility index (Phi) is 4.62. The van der Waals surface area contributed by atoms with Gasteiger partial charge in [-0.25, -0.2) is 0 Å². The smallest absolute Gasteiger partial charge is 0.174 e. The first-order valence-electron chi connectivity index (χ1n) is 4.51. The van der Waals surface area contributed by atoms with Crippen LogP contribution in [0.3, 0.4) is 0 Å². The van der Waals surface area contributed by atoms with Crippen LogP contribution in [0.15, 0.2) is 12.1 Å². The molecular weight excluding hydrogens is 307 g/mol. The lowest BCUT2D eigenvalue weighted by Gasteiger charge is -2.15. The molecule has 0 fully saturated rings. The molecule has 1 unspecified atom stereocenters. The highest BCUT2D eigenvalue weighted by Gasteiger charge is 2.13. The van der Waals surface area contributed by atoms with Gasteiger partial charge in [0.15, 0.2) is 11.5 Å². The lowest BCUT2D eigenvalue weighted by Crippen LogP contribution is -2.20. The lowest BCUT2D eigenvalue weighted by molar-refractivity contribution is 0.352. The molecule has 0 aliphatic rings. The van der Waals surface area contributed by atoms with E-state index in [1.165, 1.54) is 0 Å². The quantitative estimate of drug-likeness (QED) is 0.819. The van der Waals surface area contributed by atoms with Crippen LogP contribution in [0.4, 0.5) is 0 Å². The highest BCUT2D eigenvalue weighted by molar-refractivity contribution is 14.1. The van der Waals surface area contributed by atoms with Crippen LogP contribution >= 0.6 is 22.6 Å². The van der Waals surface area contributed by atoms with E-state index in [2.05, 4.69) is 22.6 Å². The first-order chi connectivity index (χ1) is 7.13. The molecule has 1 aromatic carbocycles. The van der Waals surface area contributed by atoms with Gasteiger partial charge in [-0.1, -0.05) is 0 Å². The van der Waals surface area contributed by atoms with Crippen molar-refractivity contribution in [3.8, 4) is 11.5 Å². The minimum atomic E-state index is -0.168. The van der Waals surface area contributed by atoms with Gasteiger partial charge in [0.25, 0.3) is 0 Å². The fourth-order valence-electron chi connectivity index (χ4n) is 1.29. The van der Waals surface area contributed by atoms with Gasteiger partial charge >= 0.3 is 0 Å². The summed E-state index contributed by atoms with van der Waals surface area (Å²) in [5.41, 5.74) is 12.3. The molecule has 0 bridgehead atoms. The Morgan fingerprint density at radius 1 is 1.33 bits per heavy atom. The average molecular weight is 322 g/mol. The minimum Gasteiger partial charge on any atom is -0.493 e. The number of rotatable bonds is 4. The number of hydrogen-bond donors (Lipinski definition) is 2. The molecule has 0 saturated heterocycles. The molecule has 84 valence electrons. The maximum Gasteiger partial charge on any atom is 0.174 e. The SMILES string of the molecule is COc1cc(C(N)CN)cc(I)c1OC. The Labute approximate surface area is 103 Å². The standard InChI is InChI=1S/C10H15IN2O2/c1-14-9-4-6(8(13)5-12)3-7(11)10(9)15-2/h3-4,8H,5,12-13H2,1-2H3. The summed E-state index contributed by atoms with van der Waals surface area (Å²) < 4.78 is 11.4. The summed E-state index contributed by atoms with van der Waals surface area (Å²) in [4.78, 5) is 0. The molecule has 0 aliphatic carbocycles. The Bertz CT molecular complexity index is 344. The van der Waals surface area contributed by atoms with E-state index in [0.29, 0.717) is 12.3 Å². The van der Waals surface area contributed by atoms with E-state index in [-0.39, 0.29) is 6.04 Å². The van der Waals surface area contributed by atoms with Gasteiger partial charge in [-0.05, 0) is 40.3 Å². The van der Waals surface area contributed by atoms with E-state index < -0.39 is 0 Å². The molecule has 0 aromatic heterocycles. The van der Waals surface area contributed by atoms with Gasteiger partial charge in [-0.2, -0.15) is 0 Å². The maximum atomic E-state index is 5.85. The van der Waals surface area contributed by atoms with Crippen LogP contribution in [0.25, 0.3) is 0 Å².